The standard InChI is InChI=1S/C18H17N3O/c1-13-3-2-4-14(11-13)12-21-18(22)16-7-5-15(6-8-16)17-19-9-10-20-17/h2-11H,12H2,1H3,(H,19,20)(H,21,22). The van der Waals surface area contributed by atoms with E-state index in [0.717, 1.165) is 17.0 Å². The molecule has 1 amide bonds. The molecule has 22 heavy (non-hydrogen) atoms. The van der Waals surface area contributed by atoms with Crippen LogP contribution in [0.25, 0.3) is 11.4 Å². The third-order valence-corrected chi connectivity index (χ3v) is 3.45. The molecular weight excluding hydrogens is 274 g/mol. The van der Waals surface area contributed by atoms with Crippen LogP contribution in [0.4, 0.5) is 0 Å². The van der Waals surface area contributed by atoms with Crippen molar-refractivity contribution < 1.29 is 4.79 Å². The fraction of sp³-hybridized carbons (Fsp3) is 0.111. The van der Waals surface area contributed by atoms with Crippen LogP contribution in [0.5, 0.6) is 0 Å². The summed E-state index contributed by atoms with van der Waals surface area (Å²) in [6.07, 6.45) is 3.48. The topological polar surface area (TPSA) is 57.8 Å². The molecule has 0 spiro atoms. The number of nitrogens with zero attached hydrogens (tertiary/aromatic N) is 1. The van der Waals surface area contributed by atoms with Gasteiger partial charge in [0.15, 0.2) is 0 Å². The normalized spacial score (nSPS) is 10.4. The van der Waals surface area contributed by atoms with Gasteiger partial charge in [-0.1, -0.05) is 42.0 Å². The number of hydrogen-bond acceptors (Lipinski definition) is 2. The molecule has 0 aliphatic rings. The summed E-state index contributed by atoms with van der Waals surface area (Å²) in [4.78, 5) is 19.4. The Labute approximate surface area is 129 Å². The Morgan fingerprint density at radius 2 is 2.00 bits per heavy atom. The highest BCUT2D eigenvalue weighted by molar-refractivity contribution is 5.94. The van der Waals surface area contributed by atoms with Crippen LogP contribution < -0.4 is 5.32 Å². The Hall–Kier alpha value is -2.88. The van der Waals surface area contributed by atoms with Gasteiger partial charge in [-0.2, -0.15) is 0 Å². The Balaban J connectivity index is 1.65. The van der Waals surface area contributed by atoms with Crippen molar-refractivity contribution >= 4 is 5.91 Å². The van der Waals surface area contributed by atoms with Crippen molar-refractivity contribution in [2.45, 2.75) is 13.5 Å². The molecule has 4 heteroatoms. The van der Waals surface area contributed by atoms with E-state index in [1.165, 1.54) is 5.56 Å². The molecule has 0 unspecified atom stereocenters. The number of benzene rings is 2. The molecule has 1 heterocycles. The van der Waals surface area contributed by atoms with E-state index >= 15 is 0 Å². The van der Waals surface area contributed by atoms with E-state index in [4.69, 9.17) is 0 Å². The van der Waals surface area contributed by atoms with Crippen molar-refractivity contribution in [3.05, 3.63) is 77.6 Å². The summed E-state index contributed by atoms with van der Waals surface area (Å²) in [5.41, 5.74) is 3.89. The average molecular weight is 291 g/mol. The van der Waals surface area contributed by atoms with Crippen molar-refractivity contribution in [1.82, 2.24) is 15.3 Å². The lowest BCUT2D eigenvalue weighted by Crippen LogP contribution is -2.22. The summed E-state index contributed by atoms with van der Waals surface area (Å²) in [7, 11) is 0. The average Bonchev–Trinajstić information content (AvgIpc) is 3.07. The molecule has 1 aromatic heterocycles. The lowest BCUT2D eigenvalue weighted by molar-refractivity contribution is 0.0951. The minimum atomic E-state index is -0.0764. The maximum Gasteiger partial charge on any atom is 0.251 e. The summed E-state index contributed by atoms with van der Waals surface area (Å²) in [6, 6.07) is 15.5. The molecule has 0 aliphatic carbocycles. The second-order valence-electron chi connectivity index (χ2n) is 5.19. The van der Waals surface area contributed by atoms with Crippen LogP contribution in [0.2, 0.25) is 0 Å². The number of carbonyl (C=O) groups excluding carboxylic acids is 1. The Morgan fingerprint density at radius 1 is 1.18 bits per heavy atom. The number of carbonyl (C=O) groups is 1. The van der Waals surface area contributed by atoms with Crippen LogP contribution in [0.15, 0.2) is 60.9 Å². The van der Waals surface area contributed by atoms with Crippen LogP contribution in [0.3, 0.4) is 0 Å². The summed E-state index contributed by atoms with van der Waals surface area (Å²) in [5.74, 6) is 0.721. The van der Waals surface area contributed by atoms with Crippen molar-refractivity contribution in [1.29, 1.82) is 0 Å². The number of rotatable bonds is 4. The molecule has 3 rings (SSSR count). The molecule has 0 saturated carbocycles. The Kier molecular flexibility index (Phi) is 4.01. The third-order valence-electron chi connectivity index (χ3n) is 3.45. The highest BCUT2D eigenvalue weighted by atomic mass is 16.1. The van der Waals surface area contributed by atoms with Gasteiger partial charge in [-0.25, -0.2) is 4.98 Å². The minimum Gasteiger partial charge on any atom is -0.348 e. The van der Waals surface area contributed by atoms with Gasteiger partial charge in [0.1, 0.15) is 5.82 Å². The summed E-state index contributed by atoms with van der Waals surface area (Å²) in [5, 5.41) is 2.93. The van der Waals surface area contributed by atoms with Gasteiger partial charge in [0.25, 0.3) is 5.91 Å². The van der Waals surface area contributed by atoms with Gasteiger partial charge in [0.05, 0.1) is 0 Å². The van der Waals surface area contributed by atoms with Crippen LogP contribution in [-0.2, 0) is 6.54 Å². The number of aromatic nitrogens is 2. The minimum absolute atomic E-state index is 0.0764. The van der Waals surface area contributed by atoms with E-state index in [0.29, 0.717) is 12.1 Å². The van der Waals surface area contributed by atoms with Gasteiger partial charge in [0.2, 0.25) is 0 Å². The first-order chi connectivity index (χ1) is 10.7. The van der Waals surface area contributed by atoms with Crippen molar-refractivity contribution in [3.63, 3.8) is 0 Å². The van der Waals surface area contributed by atoms with Crippen molar-refractivity contribution in [2.24, 2.45) is 0 Å². The number of amides is 1. The summed E-state index contributed by atoms with van der Waals surface area (Å²) >= 11 is 0. The van der Waals surface area contributed by atoms with Crippen LogP contribution in [0.1, 0.15) is 21.5 Å². The molecule has 0 radical (unpaired) electrons. The molecule has 0 fully saturated rings. The number of aryl methyl sites for hydroxylation is 1. The first kappa shape index (κ1) is 14.1. The number of hydrogen-bond donors (Lipinski definition) is 2. The molecule has 0 bridgehead atoms. The van der Waals surface area contributed by atoms with Gasteiger partial charge in [0, 0.05) is 30.1 Å². The van der Waals surface area contributed by atoms with Gasteiger partial charge in [-0.05, 0) is 24.6 Å². The van der Waals surface area contributed by atoms with E-state index < -0.39 is 0 Å². The van der Waals surface area contributed by atoms with Gasteiger partial charge >= 0.3 is 0 Å². The summed E-state index contributed by atoms with van der Waals surface area (Å²) in [6.45, 7) is 2.57. The maximum atomic E-state index is 12.2. The zero-order valence-electron chi connectivity index (χ0n) is 12.3. The second-order valence-corrected chi connectivity index (χ2v) is 5.19. The number of imidazole rings is 1. The SMILES string of the molecule is Cc1cccc(CNC(=O)c2ccc(-c3ncc[nH]3)cc2)c1. The molecule has 2 aromatic carbocycles. The highest BCUT2D eigenvalue weighted by Crippen LogP contribution is 2.15. The van der Waals surface area contributed by atoms with Crippen molar-refractivity contribution in [2.75, 3.05) is 0 Å². The first-order valence-electron chi connectivity index (χ1n) is 7.16. The molecule has 0 aliphatic heterocycles. The van der Waals surface area contributed by atoms with E-state index in [1.807, 2.05) is 49.4 Å². The molecule has 2 N–H and O–H groups in total. The molecule has 0 atom stereocenters. The molecule has 3 aromatic rings. The molecule has 0 saturated heterocycles. The van der Waals surface area contributed by atoms with Crippen LogP contribution >= 0.6 is 0 Å². The smallest absolute Gasteiger partial charge is 0.251 e. The maximum absolute atomic E-state index is 12.2. The summed E-state index contributed by atoms with van der Waals surface area (Å²) < 4.78 is 0. The van der Waals surface area contributed by atoms with Gasteiger partial charge in [-0.3, -0.25) is 4.79 Å². The molecule has 4 nitrogen and oxygen atoms in total. The highest BCUT2D eigenvalue weighted by Gasteiger charge is 2.06. The van der Waals surface area contributed by atoms with Gasteiger partial charge in [-0.15, -0.1) is 0 Å². The lowest BCUT2D eigenvalue weighted by Gasteiger charge is -2.06. The quantitative estimate of drug-likeness (QED) is 0.774. The number of nitrogens with one attached hydrogen (secondary N) is 2. The van der Waals surface area contributed by atoms with Crippen LogP contribution in [0, 0.1) is 6.92 Å². The largest absolute Gasteiger partial charge is 0.348 e. The number of H-pyrrole nitrogens is 1. The monoisotopic (exact) mass is 291 g/mol. The predicted octanol–water partition coefficient (Wildman–Crippen LogP) is 3.32. The molecular formula is C18H17N3O. The van der Waals surface area contributed by atoms with Gasteiger partial charge < -0.3 is 10.3 Å². The first-order valence-corrected chi connectivity index (χ1v) is 7.16. The van der Waals surface area contributed by atoms with E-state index in [9.17, 15) is 4.79 Å². The second kappa shape index (κ2) is 6.26. The third kappa shape index (κ3) is 3.23. The molecule has 110 valence electrons. The predicted molar refractivity (Wildman–Crippen MR) is 86.4 cm³/mol. The van der Waals surface area contributed by atoms with Crippen LogP contribution in [-0.4, -0.2) is 15.9 Å². The zero-order valence-corrected chi connectivity index (χ0v) is 12.3. The lowest BCUT2D eigenvalue weighted by atomic mass is 10.1. The fourth-order valence-corrected chi connectivity index (χ4v) is 2.31. The van der Waals surface area contributed by atoms with E-state index in [-0.39, 0.29) is 5.91 Å². The number of aromatic amines is 1. The Bertz CT molecular complexity index is 761. The fourth-order valence-electron chi connectivity index (χ4n) is 2.31. The zero-order chi connectivity index (χ0) is 15.4. The van der Waals surface area contributed by atoms with Crippen molar-refractivity contribution in [3.8, 4) is 11.4 Å². The Morgan fingerprint density at radius 3 is 2.68 bits per heavy atom. The van der Waals surface area contributed by atoms with E-state index in [2.05, 4.69) is 21.4 Å². The van der Waals surface area contributed by atoms with E-state index in [1.54, 1.807) is 12.4 Å².